The molecule has 0 bridgehead atoms. The van der Waals surface area contributed by atoms with Crippen molar-refractivity contribution in [3.8, 4) is 11.5 Å². The number of pyridine rings is 1. The minimum absolute atomic E-state index is 0.000851. The molecule has 0 unspecified atom stereocenters. The van der Waals surface area contributed by atoms with Crippen LogP contribution in [0.5, 0.6) is 11.5 Å². The van der Waals surface area contributed by atoms with Gasteiger partial charge in [0.2, 0.25) is 0 Å². The number of carbonyl (C=O) groups is 1. The van der Waals surface area contributed by atoms with Crippen LogP contribution in [0.15, 0.2) is 88.8 Å². The SMILES string of the molecule is COc1ccc2ccc(OC)c(/C=N/NC(=O)Cn3c4ccccc4c(=O)c4ccccc43)c2c1. The van der Waals surface area contributed by atoms with Crippen LogP contribution in [0.25, 0.3) is 32.6 Å². The number of nitrogens with zero attached hydrogens (tertiary/aromatic N) is 2. The zero-order valence-corrected chi connectivity index (χ0v) is 19.3. The fourth-order valence-electron chi connectivity index (χ4n) is 4.34. The van der Waals surface area contributed by atoms with E-state index in [1.54, 1.807) is 32.6 Å². The summed E-state index contributed by atoms with van der Waals surface area (Å²) in [7, 11) is 3.20. The van der Waals surface area contributed by atoms with Gasteiger partial charge >= 0.3 is 0 Å². The van der Waals surface area contributed by atoms with E-state index >= 15 is 0 Å². The lowest BCUT2D eigenvalue weighted by Crippen LogP contribution is -2.25. The average Bonchev–Trinajstić information content (AvgIpc) is 2.90. The van der Waals surface area contributed by atoms with Crippen LogP contribution in [0.4, 0.5) is 0 Å². The summed E-state index contributed by atoms with van der Waals surface area (Å²) in [4.78, 5) is 25.8. The number of ether oxygens (including phenoxy) is 2. The standard InChI is InChI=1S/C28H23N3O4/c1-34-19-13-11-18-12-14-26(35-2)23(22(18)15-19)16-29-30-27(32)17-31-24-9-5-3-7-20(24)28(33)21-8-4-6-10-25(21)31/h3-16H,17H2,1-2H3,(H,30,32)/b29-16+. The number of amides is 1. The van der Waals surface area contributed by atoms with Crippen LogP contribution in [0, 0.1) is 0 Å². The first kappa shape index (κ1) is 22.2. The van der Waals surface area contributed by atoms with Gasteiger partial charge in [-0.25, -0.2) is 5.43 Å². The molecule has 0 aliphatic heterocycles. The fourth-order valence-corrected chi connectivity index (χ4v) is 4.34. The average molecular weight is 466 g/mol. The van der Waals surface area contributed by atoms with Crippen molar-refractivity contribution in [1.82, 2.24) is 9.99 Å². The van der Waals surface area contributed by atoms with E-state index in [0.717, 1.165) is 16.3 Å². The topological polar surface area (TPSA) is 81.9 Å². The van der Waals surface area contributed by atoms with Gasteiger partial charge in [-0.2, -0.15) is 5.10 Å². The molecule has 7 heteroatoms. The van der Waals surface area contributed by atoms with E-state index in [2.05, 4.69) is 10.5 Å². The van der Waals surface area contributed by atoms with E-state index < -0.39 is 0 Å². The Balaban J connectivity index is 1.48. The monoisotopic (exact) mass is 465 g/mol. The van der Waals surface area contributed by atoms with Crippen LogP contribution >= 0.6 is 0 Å². The van der Waals surface area contributed by atoms with E-state index in [9.17, 15) is 9.59 Å². The minimum Gasteiger partial charge on any atom is -0.497 e. The summed E-state index contributed by atoms with van der Waals surface area (Å²) in [5.74, 6) is 1.01. The Morgan fingerprint density at radius 1 is 0.886 bits per heavy atom. The van der Waals surface area contributed by atoms with Gasteiger partial charge < -0.3 is 14.0 Å². The summed E-state index contributed by atoms with van der Waals surface area (Å²) in [5.41, 5.74) is 4.67. The first-order valence-electron chi connectivity index (χ1n) is 11.1. The zero-order valence-electron chi connectivity index (χ0n) is 19.3. The van der Waals surface area contributed by atoms with Crippen LogP contribution in [-0.4, -0.2) is 30.9 Å². The summed E-state index contributed by atoms with van der Waals surface area (Å²) < 4.78 is 12.7. The molecule has 35 heavy (non-hydrogen) atoms. The van der Waals surface area contributed by atoms with Gasteiger partial charge in [-0.15, -0.1) is 0 Å². The molecular weight excluding hydrogens is 442 g/mol. The van der Waals surface area contributed by atoms with E-state index in [4.69, 9.17) is 9.47 Å². The van der Waals surface area contributed by atoms with Gasteiger partial charge in [-0.1, -0.05) is 36.4 Å². The summed E-state index contributed by atoms with van der Waals surface area (Å²) >= 11 is 0. The quantitative estimate of drug-likeness (QED) is 0.228. The molecule has 0 spiro atoms. The van der Waals surface area contributed by atoms with Crippen LogP contribution in [0.2, 0.25) is 0 Å². The molecule has 1 heterocycles. The number of nitrogens with one attached hydrogen (secondary N) is 1. The summed E-state index contributed by atoms with van der Waals surface area (Å²) in [6, 6.07) is 24.1. The largest absolute Gasteiger partial charge is 0.497 e. The second-order valence-electron chi connectivity index (χ2n) is 8.01. The van der Waals surface area contributed by atoms with Crippen molar-refractivity contribution in [3.63, 3.8) is 0 Å². The van der Waals surface area contributed by atoms with Gasteiger partial charge in [0.25, 0.3) is 5.91 Å². The van der Waals surface area contributed by atoms with Crippen molar-refractivity contribution in [1.29, 1.82) is 0 Å². The zero-order chi connectivity index (χ0) is 24.4. The number of rotatable bonds is 6. The van der Waals surface area contributed by atoms with Crippen LogP contribution < -0.4 is 20.3 Å². The highest BCUT2D eigenvalue weighted by Gasteiger charge is 2.13. The fraction of sp³-hybridized carbons (Fsp3) is 0.107. The number of para-hydroxylation sites is 2. The highest BCUT2D eigenvalue weighted by atomic mass is 16.5. The van der Waals surface area contributed by atoms with E-state index in [1.165, 1.54) is 0 Å². The Labute approximate surface area is 201 Å². The predicted molar refractivity (Wildman–Crippen MR) is 139 cm³/mol. The molecule has 0 radical (unpaired) electrons. The third-order valence-corrected chi connectivity index (χ3v) is 6.01. The first-order chi connectivity index (χ1) is 17.1. The van der Waals surface area contributed by atoms with E-state index in [0.29, 0.717) is 33.3 Å². The van der Waals surface area contributed by atoms with Crippen molar-refractivity contribution in [2.24, 2.45) is 5.10 Å². The Bertz CT molecular complexity index is 1610. The molecule has 0 saturated heterocycles. The van der Waals surface area contributed by atoms with Crippen LogP contribution in [0.3, 0.4) is 0 Å². The molecule has 1 amide bonds. The number of fused-ring (bicyclic) bond motifs is 3. The third-order valence-electron chi connectivity index (χ3n) is 6.01. The van der Waals surface area contributed by atoms with Crippen LogP contribution in [-0.2, 0) is 11.3 Å². The third kappa shape index (κ3) is 4.08. The van der Waals surface area contributed by atoms with E-state index in [-0.39, 0.29) is 17.9 Å². The molecular formula is C28H23N3O4. The Morgan fingerprint density at radius 2 is 1.54 bits per heavy atom. The molecule has 0 fully saturated rings. The highest BCUT2D eigenvalue weighted by Crippen LogP contribution is 2.29. The van der Waals surface area contributed by atoms with E-state index in [1.807, 2.05) is 71.3 Å². The van der Waals surface area contributed by atoms with Gasteiger partial charge in [0.15, 0.2) is 5.43 Å². The van der Waals surface area contributed by atoms with Gasteiger partial charge in [0.1, 0.15) is 18.0 Å². The maximum atomic E-state index is 12.9. The van der Waals surface area contributed by atoms with Gasteiger partial charge in [0.05, 0.1) is 31.5 Å². The number of hydrogen-bond acceptors (Lipinski definition) is 5. The molecule has 0 aliphatic rings. The second kappa shape index (κ2) is 9.30. The molecule has 7 nitrogen and oxygen atoms in total. The first-order valence-corrected chi connectivity index (χ1v) is 11.1. The van der Waals surface area contributed by atoms with Gasteiger partial charge in [-0.3, -0.25) is 9.59 Å². The number of hydrazone groups is 1. The molecule has 4 aromatic carbocycles. The number of benzene rings is 4. The predicted octanol–water partition coefficient (Wildman–Crippen LogP) is 4.48. The summed E-state index contributed by atoms with van der Waals surface area (Å²) in [6.07, 6.45) is 1.57. The lowest BCUT2D eigenvalue weighted by atomic mass is 10.0. The maximum Gasteiger partial charge on any atom is 0.260 e. The number of hydrogen-bond donors (Lipinski definition) is 1. The number of methoxy groups -OCH3 is 2. The van der Waals surface area contributed by atoms with Crippen molar-refractivity contribution in [3.05, 3.63) is 94.6 Å². The smallest absolute Gasteiger partial charge is 0.260 e. The minimum atomic E-state index is -0.322. The van der Waals surface area contributed by atoms with Crippen LogP contribution in [0.1, 0.15) is 5.56 Å². The van der Waals surface area contributed by atoms with Gasteiger partial charge in [0, 0.05) is 16.3 Å². The Kier molecular flexibility index (Phi) is 5.89. The number of carbonyl (C=O) groups excluding carboxylic acids is 1. The molecule has 0 saturated carbocycles. The lowest BCUT2D eigenvalue weighted by molar-refractivity contribution is -0.121. The summed E-state index contributed by atoms with van der Waals surface area (Å²) in [5, 5.41) is 7.22. The second-order valence-corrected chi connectivity index (χ2v) is 8.01. The molecule has 1 aromatic heterocycles. The Morgan fingerprint density at radius 3 is 2.20 bits per heavy atom. The van der Waals surface area contributed by atoms with Crippen molar-refractivity contribution in [2.45, 2.75) is 6.54 Å². The van der Waals surface area contributed by atoms with Crippen molar-refractivity contribution >= 4 is 44.7 Å². The normalized spacial score (nSPS) is 11.4. The van der Waals surface area contributed by atoms with Gasteiger partial charge in [-0.05, 0) is 53.2 Å². The number of aromatic nitrogens is 1. The molecule has 5 aromatic rings. The molecule has 0 aliphatic carbocycles. The lowest BCUT2D eigenvalue weighted by Gasteiger charge is -2.14. The maximum absolute atomic E-state index is 12.9. The molecule has 0 atom stereocenters. The van der Waals surface area contributed by atoms with Crippen molar-refractivity contribution < 1.29 is 14.3 Å². The van der Waals surface area contributed by atoms with Crippen molar-refractivity contribution in [2.75, 3.05) is 14.2 Å². The Hall–Kier alpha value is -4.65. The molecule has 1 N–H and O–H groups in total. The summed E-state index contributed by atoms with van der Waals surface area (Å²) in [6.45, 7) is -0.000851. The molecule has 174 valence electrons. The molecule has 5 rings (SSSR count). The highest BCUT2D eigenvalue weighted by molar-refractivity contribution is 6.03.